The molecule has 3 heterocycles. The molecular formula is C19H29N5O2S2. The Bertz CT molecular complexity index is 855. The fraction of sp³-hybridized carbons (Fsp3) is 0.579. The predicted octanol–water partition coefficient (Wildman–Crippen LogP) is 2.38. The Labute approximate surface area is 172 Å². The molecule has 0 saturated carbocycles. The minimum atomic E-state index is -3.47. The van der Waals surface area contributed by atoms with E-state index in [0.29, 0.717) is 17.3 Å². The minimum Gasteiger partial charge on any atom is -0.341 e. The molecule has 1 saturated heterocycles. The predicted molar refractivity (Wildman–Crippen MR) is 114 cm³/mol. The van der Waals surface area contributed by atoms with Gasteiger partial charge in [0.2, 0.25) is 5.95 Å². The van der Waals surface area contributed by atoms with Crippen LogP contribution >= 0.6 is 11.3 Å². The summed E-state index contributed by atoms with van der Waals surface area (Å²) < 4.78 is 28.6. The number of sulfonamides is 1. The van der Waals surface area contributed by atoms with Crippen LogP contribution in [0.4, 0.5) is 5.95 Å². The fourth-order valence-corrected chi connectivity index (χ4v) is 6.32. The Kier molecular flexibility index (Phi) is 6.69. The largest absolute Gasteiger partial charge is 0.341 e. The minimum absolute atomic E-state index is 0.00536. The SMILES string of the molecule is Cc1cc(C)nc(N2CCC(N(CCN(C)C)S(=O)(=O)c3cccs3)CC2)n1. The van der Waals surface area contributed by atoms with Crippen LogP contribution in [0.25, 0.3) is 0 Å². The molecule has 9 heteroatoms. The summed E-state index contributed by atoms with van der Waals surface area (Å²) in [6.45, 7) is 6.66. The lowest BCUT2D eigenvalue weighted by Gasteiger charge is -2.38. The molecule has 0 spiro atoms. The normalized spacial score (nSPS) is 16.3. The van der Waals surface area contributed by atoms with Crippen molar-refractivity contribution >= 4 is 27.3 Å². The molecule has 0 N–H and O–H groups in total. The second kappa shape index (κ2) is 8.86. The molecule has 3 rings (SSSR count). The van der Waals surface area contributed by atoms with Crippen molar-refractivity contribution in [2.45, 2.75) is 36.9 Å². The highest BCUT2D eigenvalue weighted by Gasteiger charge is 2.34. The summed E-state index contributed by atoms with van der Waals surface area (Å²) >= 11 is 1.28. The van der Waals surface area contributed by atoms with Gasteiger partial charge in [0.15, 0.2) is 0 Å². The number of aryl methyl sites for hydroxylation is 2. The maximum atomic E-state index is 13.2. The van der Waals surface area contributed by atoms with Crippen molar-refractivity contribution in [2.24, 2.45) is 0 Å². The van der Waals surface area contributed by atoms with Gasteiger partial charge in [0.25, 0.3) is 10.0 Å². The van der Waals surface area contributed by atoms with Crippen molar-refractivity contribution < 1.29 is 8.42 Å². The van der Waals surface area contributed by atoms with Crippen molar-refractivity contribution in [1.82, 2.24) is 19.2 Å². The summed E-state index contributed by atoms with van der Waals surface area (Å²) in [5, 5.41) is 1.82. The lowest BCUT2D eigenvalue weighted by Crippen LogP contribution is -2.49. The van der Waals surface area contributed by atoms with Crippen LogP contribution in [0, 0.1) is 13.8 Å². The standard InChI is InChI=1S/C19H29N5O2S2/c1-15-14-16(2)21-19(20-15)23-9-7-17(8-10-23)24(12-11-22(3)4)28(25,26)18-6-5-13-27-18/h5-6,13-14,17H,7-12H2,1-4H3. The third-order valence-electron chi connectivity index (χ3n) is 4.95. The Morgan fingerprint density at radius 3 is 2.32 bits per heavy atom. The number of likely N-dealkylation sites (N-methyl/N-ethyl adjacent to an activating group) is 1. The van der Waals surface area contributed by atoms with E-state index in [1.807, 2.05) is 44.3 Å². The van der Waals surface area contributed by atoms with E-state index < -0.39 is 10.0 Å². The van der Waals surface area contributed by atoms with Crippen molar-refractivity contribution in [3.05, 3.63) is 35.0 Å². The molecule has 0 atom stereocenters. The Morgan fingerprint density at radius 2 is 1.79 bits per heavy atom. The smallest absolute Gasteiger partial charge is 0.252 e. The van der Waals surface area contributed by atoms with E-state index in [1.165, 1.54) is 11.3 Å². The van der Waals surface area contributed by atoms with Crippen molar-refractivity contribution in [2.75, 3.05) is 45.2 Å². The Hall–Kier alpha value is -1.55. The van der Waals surface area contributed by atoms with Crippen LogP contribution in [0.5, 0.6) is 0 Å². The third kappa shape index (κ3) is 4.89. The maximum absolute atomic E-state index is 13.2. The van der Waals surface area contributed by atoms with Crippen LogP contribution in [-0.4, -0.2) is 73.9 Å². The highest BCUT2D eigenvalue weighted by molar-refractivity contribution is 7.91. The van der Waals surface area contributed by atoms with E-state index in [2.05, 4.69) is 14.9 Å². The van der Waals surface area contributed by atoms with Crippen molar-refractivity contribution in [3.63, 3.8) is 0 Å². The highest BCUT2D eigenvalue weighted by atomic mass is 32.2. The van der Waals surface area contributed by atoms with E-state index in [9.17, 15) is 8.42 Å². The monoisotopic (exact) mass is 423 g/mol. The first-order valence-corrected chi connectivity index (χ1v) is 11.9. The van der Waals surface area contributed by atoms with E-state index in [-0.39, 0.29) is 6.04 Å². The number of aromatic nitrogens is 2. The summed E-state index contributed by atoms with van der Waals surface area (Å²) in [4.78, 5) is 13.3. The molecule has 154 valence electrons. The second-order valence-corrected chi connectivity index (χ2v) is 10.6. The maximum Gasteiger partial charge on any atom is 0.252 e. The van der Waals surface area contributed by atoms with Gasteiger partial charge >= 0.3 is 0 Å². The molecule has 0 radical (unpaired) electrons. The quantitative estimate of drug-likeness (QED) is 0.681. The van der Waals surface area contributed by atoms with Gasteiger partial charge in [-0.15, -0.1) is 11.3 Å². The van der Waals surface area contributed by atoms with Gasteiger partial charge in [-0.1, -0.05) is 6.07 Å². The first-order valence-electron chi connectivity index (χ1n) is 9.54. The van der Waals surface area contributed by atoms with Crippen LogP contribution in [0.15, 0.2) is 27.8 Å². The topological polar surface area (TPSA) is 69.6 Å². The number of anilines is 1. The van der Waals surface area contributed by atoms with Crippen LogP contribution in [-0.2, 0) is 10.0 Å². The van der Waals surface area contributed by atoms with Crippen LogP contribution in [0.3, 0.4) is 0 Å². The molecule has 1 aliphatic rings. The lowest BCUT2D eigenvalue weighted by atomic mass is 10.1. The van der Waals surface area contributed by atoms with Crippen molar-refractivity contribution in [3.8, 4) is 0 Å². The molecule has 28 heavy (non-hydrogen) atoms. The van der Waals surface area contributed by atoms with E-state index in [4.69, 9.17) is 0 Å². The molecule has 1 aliphatic heterocycles. The average molecular weight is 424 g/mol. The summed E-state index contributed by atoms with van der Waals surface area (Å²) in [6, 6.07) is 5.45. The van der Waals surface area contributed by atoms with Crippen LogP contribution in [0.1, 0.15) is 24.2 Å². The Morgan fingerprint density at radius 1 is 1.14 bits per heavy atom. The molecule has 2 aromatic rings. The van der Waals surface area contributed by atoms with E-state index >= 15 is 0 Å². The van der Waals surface area contributed by atoms with Crippen LogP contribution < -0.4 is 4.90 Å². The van der Waals surface area contributed by atoms with Gasteiger partial charge in [0.05, 0.1) is 0 Å². The van der Waals surface area contributed by atoms with Gasteiger partial charge in [-0.25, -0.2) is 18.4 Å². The molecular weight excluding hydrogens is 394 g/mol. The number of piperidine rings is 1. The highest BCUT2D eigenvalue weighted by Crippen LogP contribution is 2.28. The summed E-state index contributed by atoms with van der Waals surface area (Å²) in [5.74, 6) is 0.747. The first kappa shape index (κ1) is 21.2. The van der Waals surface area contributed by atoms with Crippen molar-refractivity contribution in [1.29, 1.82) is 0 Å². The molecule has 2 aromatic heterocycles. The fourth-order valence-electron chi connectivity index (χ4n) is 3.53. The zero-order valence-corrected chi connectivity index (χ0v) is 18.6. The van der Waals surface area contributed by atoms with Gasteiger partial charge in [-0.3, -0.25) is 0 Å². The number of nitrogens with zero attached hydrogens (tertiary/aromatic N) is 5. The van der Waals surface area contributed by atoms with Gasteiger partial charge < -0.3 is 9.80 Å². The summed E-state index contributed by atoms with van der Waals surface area (Å²) in [7, 11) is 0.463. The molecule has 1 fully saturated rings. The number of hydrogen-bond acceptors (Lipinski definition) is 7. The summed E-state index contributed by atoms with van der Waals surface area (Å²) in [5.41, 5.74) is 1.91. The molecule has 0 aliphatic carbocycles. The van der Waals surface area contributed by atoms with E-state index in [1.54, 1.807) is 16.4 Å². The molecule has 0 bridgehead atoms. The first-order chi connectivity index (χ1) is 13.3. The third-order valence-corrected chi connectivity index (χ3v) is 8.28. The summed E-state index contributed by atoms with van der Waals surface area (Å²) in [6.07, 6.45) is 1.54. The number of hydrogen-bond donors (Lipinski definition) is 0. The number of thiophene rings is 1. The van der Waals surface area contributed by atoms with Gasteiger partial charge in [0.1, 0.15) is 4.21 Å². The Balaban J connectivity index is 1.75. The molecule has 7 nitrogen and oxygen atoms in total. The zero-order chi connectivity index (χ0) is 20.3. The van der Waals surface area contributed by atoms with Gasteiger partial charge in [-0.2, -0.15) is 4.31 Å². The van der Waals surface area contributed by atoms with E-state index in [0.717, 1.165) is 43.3 Å². The molecule has 0 aromatic carbocycles. The molecule has 0 unspecified atom stereocenters. The number of rotatable bonds is 7. The van der Waals surface area contributed by atoms with Gasteiger partial charge in [0, 0.05) is 43.6 Å². The average Bonchev–Trinajstić information content (AvgIpc) is 3.17. The molecule has 0 amide bonds. The zero-order valence-electron chi connectivity index (χ0n) is 17.0. The van der Waals surface area contributed by atoms with Crippen LogP contribution in [0.2, 0.25) is 0 Å². The van der Waals surface area contributed by atoms with Gasteiger partial charge in [-0.05, 0) is 58.3 Å². The second-order valence-electron chi connectivity index (χ2n) is 7.52. The lowest BCUT2D eigenvalue weighted by molar-refractivity contribution is 0.249.